The van der Waals surface area contributed by atoms with Crippen molar-refractivity contribution in [2.24, 2.45) is 16.8 Å². The molecular formula is C18H33IN6O. The number of hydrogen-bond donors (Lipinski definition) is 2. The molecule has 2 N–H and O–H groups in total. The summed E-state index contributed by atoms with van der Waals surface area (Å²) in [5.74, 6) is 1.63. The fourth-order valence-electron chi connectivity index (χ4n) is 3.07. The number of carbonyl (C=O) groups is 1. The largest absolute Gasteiger partial charge is 0.357 e. The van der Waals surface area contributed by atoms with E-state index in [2.05, 4.69) is 38.9 Å². The van der Waals surface area contributed by atoms with Crippen LogP contribution in [0.5, 0.6) is 0 Å². The van der Waals surface area contributed by atoms with Crippen LogP contribution in [-0.4, -0.2) is 59.0 Å². The van der Waals surface area contributed by atoms with Crippen molar-refractivity contribution < 1.29 is 4.79 Å². The van der Waals surface area contributed by atoms with Crippen LogP contribution >= 0.6 is 24.0 Å². The number of carbonyl (C=O) groups excluding carboxylic acids is 1. The Morgan fingerprint density at radius 3 is 2.77 bits per heavy atom. The normalized spacial score (nSPS) is 20.7. The molecule has 0 bridgehead atoms. The number of aromatic nitrogens is 2. The van der Waals surface area contributed by atoms with E-state index in [9.17, 15) is 4.79 Å². The van der Waals surface area contributed by atoms with E-state index in [4.69, 9.17) is 4.99 Å². The van der Waals surface area contributed by atoms with E-state index in [1.165, 1.54) is 0 Å². The van der Waals surface area contributed by atoms with Gasteiger partial charge in [0.05, 0.1) is 18.9 Å². The van der Waals surface area contributed by atoms with Gasteiger partial charge in [-0.3, -0.25) is 9.79 Å². The second kappa shape index (κ2) is 11.4. The molecule has 2 unspecified atom stereocenters. The zero-order valence-corrected chi connectivity index (χ0v) is 18.6. The van der Waals surface area contributed by atoms with Crippen LogP contribution in [-0.2, 0) is 4.79 Å². The van der Waals surface area contributed by atoms with Gasteiger partial charge in [0.2, 0.25) is 5.91 Å². The molecule has 1 aromatic heterocycles. The van der Waals surface area contributed by atoms with Crippen LogP contribution in [0, 0.1) is 11.8 Å². The maximum absolute atomic E-state index is 11.6. The third-order valence-corrected chi connectivity index (χ3v) is 4.66. The van der Waals surface area contributed by atoms with Gasteiger partial charge in [-0.1, -0.05) is 20.8 Å². The lowest BCUT2D eigenvalue weighted by Crippen LogP contribution is -2.49. The van der Waals surface area contributed by atoms with Gasteiger partial charge in [0.25, 0.3) is 0 Å². The van der Waals surface area contributed by atoms with Crippen molar-refractivity contribution in [3.05, 3.63) is 18.7 Å². The van der Waals surface area contributed by atoms with Gasteiger partial charge in [-0.25, -0.2) is 4.98 Å². The van der Waals surface area contributed by atoms with Crippen LogP contribution in [0.2, 0.25) is 0 Å². The van der Waals surface area contributed by atoms with E-state index in [1.807, 2.05) is 32.6 Å². The van der Waals surface area contributed by atoms with Crippen LogP contribution in [0.4, 0.5) is 0 Å². The minimum atomic E-state index is 0. The van der Waals surface area contributed by atoms with Crippen molar-refractivity contribution >= 4 is 35.8 Å². The Labute approximate surface area is 174 Å². The van der Waals surface area contributed by atoms with E-state index >= 15 is 0 Å². The standard InChI is InChI=1S/C18H32N6O.HI/c1-5-20-18(22-8-7-21-17(25)14(2)3)23-10-6-15(4)16(12-23)24-11-9-19-13-24;/h9,11,13-16H,5-8,10,12H2,1-4H3,(H,20,22)(H,21,25);1H. The fraction of sp³-hybridized carbons (Fsp3) is 0.722. The first-order chi connectivity index (χ1) is 12.0. The summed E-state index contributed by atoms with van der Waals surface area (Å²) in [7, 11) is 0. The van der Waals surface area contributed by atoms with Gasteiger partial charge in [-0.15, -0.1) is 24.0 Å². The Hall–Kier alpha value is -1.32. The lowest BCUT2D eigenvalue weighted by atomic mass is 9.93. The second-order valence-corrected chi connectivity index (χ2v) is 6.97. The smallest absolute Gasteiger partial charge is 0.222 e. The average molecular weight is 476 g/mol. The summed E-state index contributed by atoms with van der Waals surface area (Å²) >= 11 is 0. The number of guanidine groups is 1. The maximum Gasteiger partial charge on any atom is 0.222 e. The van der Waals surface area contributed by atoms with Crippen LogP contribution in [0.3, 0.4) is 0 Å². The van der Waals surface area contributed by atoms with E-state index in [-0.39, 0.29) is 35.8 Å². The minimum absolute atomic E-state index is 0. The van der Waals surface area contributed by atoms with Gasteiger partial charge in [0.15, 0.2) is 5.96 Å². The summed E-state index contributed by atoms with van der Waals surface area (Å²) in [5, 5.41) is 6.30. The quantitative estimate of drug-likeness (QED) is 0.286. The number of imidazole rings is 1. The highest BCUT2D eigenvalue weighted by atomic mass is 127. The molecule has 0 radical (unpaired) electrons. The number of nitrogens with one attached hydrogen (secondary N) is 2. The Bertz CT molecular complexity index is 560. The molecule has 7 nitrogen and oxygen atoms in total. The predicted octanol–water partition coefficient (Wildman–Crippen LogP) is 2.12. The first kappa shape index (κ1) is 22.7. The number of likely N-dealkylation sites (tertiary alicyclic amines) is 1. The molecular weight excluding hydrogens is 443 g/mol. The Morgan fingerprint density at radius 2 is 2.15 bits per heavy atom. The lowest BCUT2D eigenvalue weighted by molar-refractivity contribution is -0.123. The molecule has 8 heteroatoms. The molecule has 0 saturated carbocycles. The number of piperidine rings is 1. The highest BCUT2D eigenvalue weighted by Gasteiger charge is 2.28. The summed E-state index contributed by atoms with van der Waals surface area (Å²) in [6.45, 7) is 12.1. The molecule has 2 rings (SSSR count). The van der Waals surface area contributed by atoms with Crippen molar-refractivity contribution in [2.45, 2.75) is 40.2 Å². The van der Waals surface area contributed by atoms with E-state index in [0.29, 0.717) is 25.0 Å². The average Bonchev–Trinajstić information content (AvgIpc) is 3.12. The van der Waals surface area contributed by atoms with E-state index < -0.39 is 0 Å². The predicted molar refractivity (Wildman–Crippen MR) is 116 cm³/mol. The summed E-state index contributed by atoms with van der Waals surface area (Å²) < 4.78 is 2.20. The first-order valence-electron chi connectivity index (χ1n) is 9.31. The molecule has 0 spiro atoms. The zero-order valence-electron chi connectivity index (χ0n) is 16.3. The molecule has 1 aliphatic heterocycles. The summed E-state index contributed by atoms with van der Waals surface area (Å²) in [6, 6.07) is 0.403. The van der Waals surface area contributed by atoms with Gasteiger partial charge >= 0.3 is 0 Å². The number of hydrogen-bond acceptors (Lipinski definition) is 3. The van der Waals surface area contributed by atoms with Crippen molar-refractivity contribution in [3.8, 4) is 0 Å². The molecule has 1 saturated heterocycles. The summed E-state index contributed by atoms with van der Waals surface area (Å²) in [4.78, 5) is 22.8. The van der Waals surface area contributed by atoms with Crippen LogP contribution in [0.15, 0.2) is 23.7 Å². The SMILES string of the molecule is CCNC(=NCCNC(=O)C(C)C)N1CCC(C)C(n2ccnc2)C1.I. The number of amides is 1. The number of aliphatic imine (C=N–C) groups is 1. The topological polar surface area (TPSA) is 74.6 Å². The molecule has 1 fully saturated rings. The third-order valence-electron chi connectivity index (χ3n) is 4.66. The summed E-state index contributed by atoms with van der Waals surface area (Å²) in [5.41, 5.74) is 0. The molecule has 148 valence electrons. The van der Waals surface area contributed by atoms with E-state index in [1.54, 1.807) is 0 Å². The van der Waals surface area contributed by atoms with Gasteiger partial charge in [0, 0.05) is 44.5 Å². The minimum Gasteiger partial charge on any atom is -0.357 e. The molecule has 2 heterocycles. The Morgan fingerprint density at radius 1 is 1.38 bits per heavy atom. The van der Waals surface area contributed by atoms with Crippen LogP contribution in [0.1, 0.15) is 40.2 Å². The van der Waals surface area contributed by atoms with Crippen LogP contribution in [0.25, 0.3) is 0 Å². The first-order valence-corrected chi connectivity index (χ1v) is 9.31. The molecule has 1 amide bonds. The molecule has 0 aromatic carbocycles. The highest BCUT2D eigenvalue weighted by molar-refractivity contribution is 14.0. The zero-order chi connectivity index (χ0) is 18.2. The van der Waals surface area contributed by atoms with Crippen molar-refractivity contribution in [3.63, 3.8) is 0 Å². The van der Waals surface area contributed by atoms with Crippen molar-refractivity contribution in [1.82, 2.24) is 25.1 Å². The van der Waals surface area contributed by atoms with Gasteiger partial charge in [0.1, 0.15) is 0 Å². The molecule has 2 atom stereocenters. The Kier molecular flexibility index (Phi) is 9.97. The van der Waals surface area contributed by atoms with Gasteiger partial charge in [-0.2, -0.15) is 0 Å². The molecule has 0 aliphatic carbocycles. The molecule has 26 heavy (non-hydrogen) atoms. The van der Waals surface area contributed by atoms with Crippen molar-refractivity contribution in [1.29, 1.82) is 0 Å². The van der Waals surface area contributed by atoms with Crippen LogP contribution < -0.4 is 10.6 Å². The third kappa shape index (κ3) is 6.44. The van der Waals surface area contributed by atoms with Crippen molar-refractivity contribution in [2.75, 3.05) is 32.7 Å². The highest BCUT2D eigenvalue weighted by Crippen LogP contribution is 2.27. The monoisotopic (exact) mass is 476 g/mol. The lowest BCUT2D eigenvalue weighted by Gasteiger charge is -2.39. The molecule has 1 aliphatic rings. The number of halogens is 1. The van der Waals surface area contributed by atoms with Gasteiger partial charge in [-0.05, 0) is 19.3 Å². The maximum atomic E-state index is 11.6. The number of nitrogens with zero attached hydrogens (tertiary/aromatic N) is 4. The van der Waals surface area contributed by atoms with Gasteiger partial charge < -0.3 is 20.1 Å². The second-order valence-electron chi connectivity index (χ2n) is 6.97. The Balaban J connectivity index is 0.00000338. The number of rotatable bonds is 6. The fourth-order valence-corrected chi connectivity index (χ4v) is 3.07. The summed E-state index contributed by atoms with van der Waals surface area (Å²) in [6.07, 6.45) is 6.89. The molecule has 1 aromatic rings. The van der Waals surface area contributed by atoms with E-state index in [0.717, 1.165) is 32.0 Å².